The van der Waals surface area contributed by atoms with Crippen molar-refractivity contribution in [3.05, 3.63) is 94.4 Å². The SMILES string of the molecule is COc1ccc(CN2c3ccccc3C(=C(CS)SC)c3ccccc32)cc1. The number of fused-ring (bicyclic) bond motifs is 2. The number of ether oxygens (including phenoxy) is 1. The minimum absolute atomic E-state index is 0.734. The average Bonchev–Trinajstić information content (AvgIpc) is 2.76. The molecule has 0 atom stereocenters. The molecule has 4 heteroatoms. The van der Waals surface area contributed by atoms with Gasteiger partial charge in [0, 0.05) is 45.3 Å². The highest BCUT2D eigenvalue weighted by Crippen LogP contribution is 2.48. The van der Waals surface area contributed by atoms with Crippen molar-refractivity contribution in [2.24, 2.45) is 0 Å². The maximum Gasteiger partial charge on any atom is 0.118 e. The number of thiol groups is 1. The van der Waals surface area contributed by atoms with Crippen molar-refractivity contribution in [2.75, 3.05) is 24.0 Å². The lowest BCUT2D eigenvalue weighted by Gasteiger charge is -2.35. The Morgan fingerprint density at radius 2 is 1.46 bits per heavy atom. The second-order valence-corrected chi connectivity index (χ2v) is 7.85. The van der Waals surface area contributed by atoms with Crippen molar-refractivity contribution in [3.8, 4) is 5.75 Å². The Balaban J connectivity index is 1.87. The van der Waals surface area contributed by atoms with E-state index in [0.717, 1.165) is 18.0 Å². The van der Waals surface area contributed by atoms with Crippen LogP contribution in [0.25, 0.3) is 5.57 Å². The van der Waals surface area contributed by atoms with E-state index in [4.69, 9.17) is 4.74 Å². The molecule has 3 aromatic carbocycles. The van der Waals surface area contributed by atoms with Crippen LogP contribution >= 0.6 is 24.4 Å². The van der Waals surface area contributed by atoms with Crippen LogP contribution in [-0.2, 0) is 6.54 Å². The van der Waals surface area contributed by atoms with Gasteiger partial charge in [0.2, 0.25) is 0 Å². The quantitative estimate of drug-likeness (QED) is 0.494. The molecule has 28 heavy (non-hydrogen) atoms. The molecule has 0 bridgehead atoms. The summed E-state index contributed by atoms with van der Waals surface area (Å²) in [5, 5.41) is 0. The van der Waals surface area contributed by atoms with Gasteiger partial charge in [-0.1, -0.05) is 48.5 Å². The maximum absolute atomic E-state index is 5.31. The summed E-state index contributed by atoms with van der Waals surface area (Å²) >= 11 is 6.39. The van der Waals surface area contributed by atoms with E-state index in [0.29, 0.717) is 0 Å². The lowest BCUT2D eigenvalue weighted by atomic mass is 9.89. The lowest BCUT2D eigenvalue weighted by molar-refractivity contribution is 0.414. The first kappa shape index (κ1) is 19.0. The van der Waals surface area contributed by atoms with Crippen molar-refractivity contribution in [2.45, 2.75) is 6.54 Å². The molecule has 0 N–H and O–H groups in total. The molecule has 3 aromatic rings. The van der Waals surface area contributed by atoms with Crippen molar-refractivity contribution >= 4 is 41.3 Å². The third-order valence-corrected chi connectivity index (χ3v) is 6.47. The van der Waals surface area contributed by atoms with Gasteiger partial charge in [-0.2, -0.15) is 12.6 Å². The average molecular weight is 406 g/mol. The summed E-state index contributed by atoms with van der Waals surface area (Å²) in [6.45, 7) is 0.806. The Labute approximate surface area is 176 Å². The van der Waals surface area contributed by atoms with E-state index in [1.807, 2.05) is 12.1 Å². The first-order chi connectivity index (χ1) is 13.8. The minimum Gasteiger partial charge on any atom is -0.497 e. The van der Waals surface area contributed by atoms with Crippen molar-refractivity contribution in [1.82, 2.24) is 0 Å². The zero-order valence-corrected chi connectivity index (χ0v) is 17.8. The zero-order valence-electron chi connectivity index (χ0n) is 16.1. The molecule has 1 aliphatic rings. The molecule has 0 saturated heterocycles. The molecule has 0 spiro atoms. The first-order valence-electron chi connectivity index (χ1n) is 9.24. The largest absolute Gasteiger partial charge is 0.497 e. The fourth-order valence-corrected chi connectivity index (χ4v) is 4.84. The number of thioether (sulfide) groups is 1. The zero-order chi connectivity index (χ0) is 19.5. The molecule has 2 nitrogen and oxygen atoms in total. The normalized spacial score (nSPS) is 12.4. The van der Waals surface area contributed by atoms with Crippen molar-refractivity contribution in [1.29, 1.82) is 0 Å². The van der Waals surface area contributed by atoms with Crippen LogP contribution in [0.3, 0.4) is 0 Å². The fraction of sp³-hybridized carbons (Fsp3) is 0.167. The molecule has 0 unspecified atom stereocenters. The first-order valence-corrected chi connectivity index (χ1v) is 11.1. The van der Waals surface area contributed by atoms with Gasteiger partial charge < -0.3 is 9.64 Å². The number of methoxy groups -OCH3 is 1. The van der Waals surface area contributed by atoms with Gasteiger partial charge in [-0.25, -0.2) is 0 Å². The number of benzene rings is 3. The Hall–Kier alpha value is -2.30. The smallest absolute Gasteiger partial charge is 0.118 e. The molecule has 0 aromatic heterocycles. The van der Waals surface area contributed by atoms with E-state index in [-0.39, 0.29) is 0 Å². The van der Waals surface area contributed by atoms with Crippen molar-refractivity contribution < 1.29 is 4.74 Å². The van der Waals surface area contributed by atoms with Gasteiger partial charge in [0.25, 0.3) is 0 Å². The summed E-state index contributed by atoms with van der Waals surface area (Å²) in [5.41, 5.74) is 7.57. The maximum atomic E-state index is 5.31. The Morgan fingerprint density at radius 3 is 1.96 bits per heavy atom. The van der Waals surface area contributed by atoms with Crippen LogP contribution in [-0.4, -0.2) is 19.1 Å². The molecule has 142 valence electrons. The molecule has 0 radical (unpaired) electrons. The molecule has 4 rings (SSSR count). The second kappa shape index (κ2) is 8.38. The Morgan fingerprint density at radius 1 is 0.893 bits per heavy atom. The molecular weight excluding hydrogens is 382 g/mol. The number of rotatable bonds is 5. The molecule has 0 amide bonds. The van der Waals surface area contributed by atoms with Gasteiger partial charge in [0.1, 0.15) is 5.75 Å². The highest BCUT2D eigenvalue weighted by molar-refractivity contribution is 8.03. The van der Waals surface area contributed by atoms with Crippen LogP contribution in [0.15, 0.2) is 77.7 Å². The van der Waals surface area contributed by atoms with Gasteiger partial charge in [0.15, 0.2) is 0 Å². The van der Waals surface area contributed by atoms with Crippen LogP contribution in [0, 0.1) is 0 Å². The minimum atomic E-state index is 0.734. The summed E-state index contributed by atoms with van der Waals surface area (Å²) in [4.78, 5) is 3.71. The third kappa shape index (κ3) is 3.43. The summed E-state index contributed by atoms with van der Waals surface area (Å²) < 4.78 is 5.31. The highest BCUT2D eigenvalue weighted by Gasteiger charge is 2.27. The van der Waals surface area contributed by atoms with E-state index in [9.17, 15) is 0 Å². The highest BCUT2D eigenvalue weighted by atomic mass is 32.2. The number of hydrogen-bond donors (Lipinski definition) is 1. The molecule has 1 heterocycles. The summed E-state index contributed by atoms with van der Waals surface area (Å²) in [7, 11) is 1.70. The fourth-order valence-electron chi connectivity index (χ4n) is 3.75. The molecule has 0 saturated carbocycles. The molecular formula is C24H23NOS2. The summed E-state index contributed by atoms with van der Waals surface area (Å²) in [6, 6.07) is 25.7. The predicted octanol–water partition coefficient (Wildman–Crippen LogP) is 6.40. The lowest BCUT2D eigenvalue weighted by Crippen LogP contribution is -2.23. The van der Waals surface area contributed by atoms with E-state index >= 15 is 0 Å². The van der Waals surface area contributed by atoms with Crippen LogP contribution < -0.4 is 9.64 Å². The van der Waals surface area contributed by atoms with E-state index in [2.05, 4.69) is 84.4 Å². The van der Waals surface area contributed by atoms with Crippen molar-refractivity contribution in [3.63, 3.8) is 0 Å². The topological polar surface area (TPSA) is 12.5 Å². The molecule has 0 fully saturated rings. The van der Waals surface area contributed by atoms with Crippen LogP contribution in [0.2, 0.25) is 0 Å². The Kier molecular flexibility index (Phi) is 5.69. The third-order valence-electron chi connectivity index (χ3n) is 5.10. The number of anilines is 2. The van der Waals surface area contributed by atoms with Gasteiger partial charge in [-0.15, -0.1) is 11.8 Å². The standard InChI is InChI=1S/C24H23NOS2/c1-26-18-13-11-17(12-14-18)15-25-21-9-5-3-7-19(21)24(23(16-27)28-2)20-8-4-6-10-22(20)25/h3-14,27H,15-16H2,1-2H3. The van der Waals surface area contributed by atoms with Crippen LogP contribution in [0.1, 0.15) is 16.7 Å². The van der Waals surface area contributed by atoms with Gasteiger partial charge in [-0.05, 0) is 36.1 Å². The van der Waals surface area contributed by atoms with Crippen LogP contribution in [0.5, 0.6) is 5.75 Å². The van der Waals surface area contributed by atoms with E-state index in [1.165, 1.54) is 38.5 Å². The summed E-state index contributed by atoms with van der Waals surface area (Å²) in [6.07, 6.45) is 2.13. The number of hydrogen-bond acceptors (Lipinski definition) is 4. The van der Waals surface area contributed by atoms with E-state index < -0.39 is 0 Å². The van der Waals surface area contributed by atoms with Crippen LogP contribution in [0.4, 0.5) is 11.4 Å². The molecule has 0 aliphatic carbocycles. The van der Waals surface area contributed by atoms with Gasteiger partial charge in [-0.3, -0.25) is 0 Å². The predicted molar refractivity (Wildman–Crippen MR) is 125 cm³/mol. The summed E-state index contributed by atoms with van der Waals surface area (Å²) in [5.74, 6) is 1.62. The van der Waals surface area contributed by atoms with E-state index in [1.54, 1.807) is 18.9 Å². The number of para-hydroxylation sites is 2. The Bertz CT molecular complexity index is 956. The monoisotopic (exact) mass is 405 g/mol. The van der Waals surface area contributed by atoms with Gasteiger partial charge in [0.05, 0.1) is 7.11 Å². The van der Waals surface area contributed by atoms with Gasteiger partial charge >= 0.3 is 0 Å². The number of nitrogens with zero attached hydrogens (tertiary/aromatic N) is 1. The molecule has 1 aliphatic heterocycles. The second-order valence-electron chi connectivity index (χ2n) is 6.63.